The Hall–Kier alpha value is -2.77. The molecule has 3 aromatic rings. The topological polar surface area (TPSA) is 59.9 Å². The van der Waals surface area contributed by atoms with Crippen LogP contribution in [0.25, 0.3) is 10.9 Å². The molecule has 0 bridgehead atoms. The van der Waals surface area contributed by atoms with Crippen LogP contribution in [0.2, 0.25) is 5.02 Å². The van der Waals surface area contributed by atoms with Gasteiger partial charge >= 0.3 is 0 Å². The SMILES string of the molecule is N#Cc1c(N2CCc3ccccc32)c2cc(Cl)ccc2[nH]c1=O. The standard InChI is InChI=1S/C18H12ClN3O/c19-12-5-6-15-13(9-12)17(14(10-20)18(23)21-15)22-8-7-11-3-1-2-4-16(11)22/h1-6,9H,7-8H2,(H,21,23). The quantitative estimate of drug-likeness (QED) is 0.742. The fourth-order valence-corrected chi connectivity index (χ4v) is 3.38. The third kappa shape index (κ3) is 2.09. The number of hydrogen-bond donors (Lipinski definition) is 1. The summed E-state index contributed by atoms with van der Waals surface area (Å²) in [6.07, 6.45) is 0.885. The van der Waals surface area contributed by atoms with Crippen molar-refractivity contribution in [1.82, 2.24) is 4.98 Å². The molecule has 0 radical (unpaired) electrons. The molecule has 0 atom stereocenters. The number of H-pyrrole nitrogens is 1. The van der Waals surface area contributed by atoms with E-state index in [-0.39, 0.29) is 11.1 Å². The zero-order valence-electron chi connectivity index (χ0n) is 12.1. The third-order valence-electron chi connectivity index (χ3n) is 4.22. The lowest BCUT2D eigenvalue weighted by Crippen LogP contribution is -2.21. The van der Waals surface area contributed by atoms with Crippen LogP contribution in [-0.2, 0) is 6.42 Å². The second-order valence-corrected chi connectivity index (χ2v) is 5.95. The van der Waals surface area contributed by atoms with Crippen LogP contribution in [0.15, 0.2) is 47.3 Å². The second-order valence-electron chi connectivity index (χ2n) is 5.51. The fraction of sp³-hybridized carbons (Fsp3) is 0.111. The van der Waals surface area contributed by atoms with E-state index in [1.54, 1.807) is 18.2 Å². The van der Waals surface area contributed by atoms with Gasteiger partial charge in [-0.1, -0.05) is 29.8 Å². The van der Waals surface area contributed by atoms with Crippen molar-refractivity contribution in [3.8, 4) is 6.07 Å². The molecule has 0 aliphatic carbocycles. The van der Waals surface area contributed by atoms with Gasteiger partial charge in [-0.2, -0.15) is 5.26 Å². The van der Waals surface area contributed by atoms with E-state index < -0.39 is 0 Å². The van der Waals surface area contributed by atoms with E-state index in [0.29, 0.717) is 16.2 Å². The minimum Gasteiger partial charge on any atom is -0.339 e. The lowest BCUT2D eigenvalue weighted by atomic mass is 10.1. The van der Waals surface area contributed by atoms with Gasteiger partial charge in [-0.25, -0.2) is 0 Å². The van der Waals surface area contributed by atoms with Crippen molar-refractivity contribution in [1.29, 1.82) is 5.26 Å². The number of aromatic nitrogens is 1. The fourth-order valence-electron chi connectivity index (χ4n) is 3.20. The highest BCUT2D eigenvalue weighted by Gasteiger charge is 2.25. The lowest BCUT2D eigenvalue weighted by Gasteiger charge is -2.22. The van der Waals surface area contributed by atoms with Gasteiger partial charge in [0.25, 0.3) is 5.56 Å². The van der Waals surface area contributed by atoms with Crippen molar-refractivity contribution in [3.05, 3.63) is 69.0 Å². The Bertz CT molecular complexity index is 1030. The Labute approximate surface area is 137 Å². The van der Waals surface area contributed by atoms with Crippen molar-refractivity contribution in [2.45, 2.75) is 6.42 Å². The minimum absolute atomic E-state index is 0.122. The second kappa shape index (κ2) is 5.15. The van der Waals surface area contributed by atoms with Crippen molar-refractivity contribution in [2.75, 3.05) is 11.4 Å². The Kier molecular flexibility index (Phi) is 3.10. The number of aromatic amines is 1. The summed E-state index contributed by atoms with van der Waals surface area (Å²) in [5.41, 5.74) is 3.32. The molecule has 0 saturated heterocycles. The lowest BCUT2D eigenvalue weighted by molar-refractivity contribution is 0.996. The normalized spacial score (nSPS) is 13.1. The first-order valence-corrected chi connectivity index (χ1v) is 7.68. The zero-order valence-corrected chi connectivity index (χ0v) is 12.9. The number of nitriles is 1. The average molecular weight is 322 g/mol. The number of rotatable bonds is 1. The summed E-state index contributed by atoms with van der Waals surface area (Å²) >= 11 is 6.14. The molecule has 2 heterocycles. The number of nitrogens with zero attached hydrogens (tertiary/aromatic N) is 2. The first-order valence-electron chi connectivity index (χ1n) is 7.30. The monoisotopic (exact) mass is 321 g/mol. The molecule has 0 spiro atoms. The number of fused-ring (bicyclic) bond motifs is 2. The van der Waals surface area contributed by atoms with E-state index in [9.17, 15) is 10.1 Å². The highest BCUT2D eigenvalue weighted by molar-refractivity contribution is 6.31. The smallest absolute Gasteiger partial charge is 0.268 e. The zero-order chi connectivity index (χ0) is 16.0. The van der Waals surface area contributed by atoms with E-state index in [1.165, 1.54) is 5.56 Å². The maximum atomic E-state index is 12.3. The Morgan fingerprint density at radius 1 is 1.22 bits per heavy atom. The number of para-hydroxylation sites is 1. The Morgan fingerprint density at radius 2 is 2.04 bits per heavy atom. The maximum absolute atomic E-state index is 12.3. The Balaban J connectivity index is 2.09. The summed E-state index contributed by atoms with van der Waals surface area (Å²) in [6.45, 7) is 0.735. The van der Waals surface area contributed by atoms with Gasteiger partial charge in [-0.3, -0.25) is 4.79 Å². The number of anilines is 2. The molecule has 1 aliphatic heterocycles. The number of hydrogen-bond acceptors (Lipinski definition) is 3. The van der Waals surface area contributed by atoms with Gasteiger partial charge in [0.05, 0.1) is 11.2 Å². The molecule has 1 aromatic heterocycles. The predicted molar refractivity (Wildman–Crippen MR) is 91.4 cm³/mol. The van der Waals surface area contributed by atoms with E-state index >= 15 is 0 Å². The molecule has 23 heavy (non-hydrogen) atoms. The molecular formula is C18H12ClN3O. The largest absolute Gasteiger partial charge is 0.339 e. The number of pyridine rings is 1. The average Bonchev–Trinajstić information content (AvgIpc) is 2.98. The summed E-state index contributed by atoms with van der Waals surface area (Å²) in [5, 5.41) is 10.9. The molecule has 1 N–H and O–H groups in total. The first-order chi connectivity index (χ1) is 11.2. The van der Waals surface area contributed by atoms with Crippen LogP contribution in [0.1, 0.15) is 11.1 Å². The minimum atomic E-state index is -0.373. The van der Waals surface area contributed by atoms with E-state index in [2.05, 4.69) is 17.1 Å². The van der Waals surface area contributed by atoms with Crippen molar-refractivity contribution in [3.63, 3.8) is 0 Å². The van der Waals surface area contributed by atoms with Crippen LogP contribution in [0.5, 0.6) is 0 Å². The molecule has 0 fully saturated rings. The van der Waals surface area contributed by atoms with Crippen molar-refractivity contribution in [2.24, 2.45) is 0 Å². The van der Waals surface area contributed by atoms with Crippen LogP contribution in [0, 0.1) is 11.3 Å². The van der Waals surface area contributed by atoms with Gasteiger partial charge in [0.1, 0.15) is 11.6 Å². The van der Waals surface area contributed by atoms with Crippen LogP contribution in [-0.4, -0.2) is 11.5 Å². The highest BCUT2D eigenvalue weighted by Crippen LogP contribution is 2.39. The van der Waals surface area contributed by atoms with Gasteiger partial charge in [-0.05, 0) is 36.2 Å². The molecule has 4 rings (SSSR count). The summed E-state index contributed by atoms with van der Waals surface area (Å²) in [5.74, 6) is 0. The molecular weight excluding hydrogens is 310 g/mol. The summed E-state index contributed by atoms with van der Waals surface area (Å²) in [6, 6.07) is 15.4. The van der Waals surface area contributed by atoms with Crippen LogP contribution in [0.3, 0.4) is 0 Å². The third-order valence-corrected chi connectivity index (χ3v) is 4.45. The number of nitrogens with one attached hydrogen (secondary N) is 1. The first kappa shape index (κ1) is 13.9. The summed E-state index contributed by atoms with van der Waals surface area (Å²) < 4.78 is 0. The van der Waals surface area contributed by atoms with Gasteiger partial charge < -0.3 is 9.88 Å². The highest BCUT2D eigenvalue weighted by atomic mass is 35.5. The molecule has 4 nitrogen and oxygen atoms in total. The number of halogens is 1. The van der Waals surface area contributed by atoms with E-state index in [0.717, 1.165) is 24.0 Å². The molecule has 0 amide bonds. The predicted octanol–water partition coefficient (Wildman–Crippen LogP) is 3.75. The van der Waals surface area contributed by atoms with Gasteiger partial charge in [0.2, 0.25) is 0 Å². The van der Waals surface area contributed by atoms with Gasteiger partial charge in [0, 0.05) is 22.6 Å². The molecule has 2 aromatic carbocycles. The van der Waals surface area contributed by atoms with Gasteiger partial charge in [0.15, 0.2) is 0 Å². The molecule has 0 unspecified atom stereocenters. The summed E-state index contributed by atoms with van der Waals surface area (Å²) in [4.78, 5) is 17.1. The summed E-state index contributed by atoms with van der Waals surface area (Å²) in [7, 11) is 0. The number of benzene rings is 2. The maximum Gasteiger partial charge on any atom is 0.268 e. The molecule has 1 aliphatic rings. The molecule has 5 heteroatoms. The van der Waals surface area contributed by atoms with E-state index in [4.69, 9.17) is 11.6 Å². The molecule has 112 valence electrons. The van der Waals surface area contributed by atoms with Crippen LogP contribution < -0.4 is 10.5 Å². The molecule has 0 saturated carbocycles. The Morgan fingerprint density at radius 3 is 2.87 bits per heavy atom. The van der Waals surface area contributed by atoms with Crippen molar-refractivity contribution >= 4 is 33.9 Å². The van der Waals surface area contributed by atoms with Crippen LogP contribution in [0.4, 0.5) is 11.4 Å². The van der Waals surface area contributed by atoms with Gasteiger partial charge in [-0.15, -0.1) is 0 Å². The van der Waals surface area contributed by atoms with E-state index in [1.807, 2.05) is 23.1 Å². The van der Waals surface area contributed by atoms with Crippen molar-refractivity contribution < 1.29 is 0 Å². The van der Waals surface area contributed by atoms with Crippen LogP contribution >= 0.6 is 11.6 Å².